The molecule has 4 aromatic rings. The zero-order valence-corrected chi connectivity index (χ0v) is 25.3. The average molecular weight is 593 g/mol. The van der Waals surface area contributed by atoms with Crippen molar-refractivity contribution in [1.29, 1.82) is 0 Å². The molecular weight excluding hydrogens is 561 g/mol. The van der Waals surface area contributed by atoms with Gasteiger partial charge in [0.15, 0.2) is 5.11 Å². The molecule has 0 aliphatic carbocycles. The van der Waals surface area contributed by atoms with Gasteiger partial charge in [-0.3, -0.25) is 9.78 Å². The Labute approximate surface area is 250 Å². The van der Waals surface area contributed by atoms with E-state index in [-0.39, 0.29) is 23.9 Å². The van der Waals surface area contributed by atoms with Gasteiger partial charge in [-0.2, -0.15) is 0 Å². The molecule has 2 atom stereocenters. The molecular formula is C31H31Cl2N5OS. The molecule has 5 rings (SSSR count). The van der Waals surface area contributed by atoms with Crippen LogP contribution in [0.1, 0.15) is 54.1 Å². The van der Waals surface area contributed by atoms with Gasteiger partial charge < -0.3 is 20.1 Å². The molecule has 206 valence electrons. The Balaban J connectivity index is 1.64. The van der Waals surface area contributed by atoms with Crippen molar-refractivity contribution in [3.63, 3.8) is 0 Å². The molecule has 3 heterocycles. The van der Waals surface area contributed by atoms with Crippen molar-refractivity contribution in [3.8, 4) is 5.69 Å². The summed E-state index contributed by atoms with van der Waals surface area (Å²) >= 11 is 19.1. The predicted octanol–water partition coefficient (Wildman–Crippen LogP) is 7.88. The minimum absolute atomic E-state index is 0.0927. The third kappa shape index (κ3) is 5.09. The first-order chi connectivity index (χ1) is 19.1. The molecule has 0 radical (unpaired) electrons. The summed E-state index contributed by atoms with van der Waals surface area (Å²) in [4.78, 5) is 19.1. The lowest BCUT2D eigenvalue weighted by molar-refractivity contribution is -0.118. The monoisotopic (exact) mass is 591 g/mol. The SMILES string of the molecule is Cc1c(Cl)cccc1-n1c(C)cc(C2C(c3ccccn3)NC(=S)N2c2ccc(NC(=O)C(C)C)c(Cl)c2)c1C. The number of amides is 1. The fourth-order valence-electron chi connectivity index (χ4n) is 5.28. The number of nitrogens with one attached hydrogen (secondary N) is 2. The van der Waals surface area contributed by atoms with Crippen molar-refractivity contribution < 1.29 is 4.79 Å². The molecule has 1 fully saturated rings. The van der Waals surface area contributed by atoms with Gasteiger partial charge in [0.05, 0.1) is 28.5 Å². The van der Waals surface area contributed by atoms with Gasteiger partial charge in [0.1, 0.15) is 0 Å². The van der Waals surface area contributed by atoms with E-state index in [1.807, 2.05) is 69.3 Å². The fraction of sp³-hybridized carbons (Fsp3) is 0.258. The van der Waals surface area contributed by atoms with Crippen LogP contribution < -0.4 is 15.5 Å². The lowest BCUT2D eigenvalue weighted by Gasteiger charge is -2.28. The average Bonchev–Trinajstić information content (AvgIpc) is 3.42. The molecule has 2 N–H and O–H groups in total. The molecule has 1 amide bonds. The van der Waals surface area contributed by atoms with Gasteiger partial charge in [-0.1, -0.05) is 49.2 Å². The molecule has 1 saturated heterocycles. The molecule has 1 aliphatic heterocycles. The summed E-state index contributed by atoms with van der Waals surface area (Å²) < 4.78 is 2.24. The number of nitrogens with zero attached hydrogens (tertiary/aromatic N) is 3. The second kappa shape index (κ2) is 11.2. The van der Waals surface area contributed by atoms with E-state index in [0.29, 0.717) is 15.8 Å². The summed E-state index contributed by atoms with van der Waals surface area (Å²) in [6.45, 7) is 9.94. The molecule has 9 heteroatoms. The minimum Gasteiger partial charge on any atom is -0.351 e. The quantitative estimate of drug-likeness (QED) is 0.223. The summed E-state index contributed by atoms with van der Waals surface area (Å²) in [5.74, 6) is -0.252. The smallest absolute Gasteiger partial charge is 0.226 e. The van der Waals surface area contributed by atoms with Crippen LogP contribution in [-0.4, -0.2) is 20.6 Å². The molecule has 40 heavy (non-hydrogen) atoms. The van der Waals surface area contributed by atoms with E-state index in [9.17, 15) is 4.79 Å². The predicted molar refractivity (Wildman–Crippen MR) is 168 cm³/mol. The van der Waals surface area contributed by atoms with Crippen LogP contribution in [0.25, 0.3) is 5.69 Å². The van der Waals surface area contributed by atoms with Crippen LogP contribution in [0.4, 0.5) is 11.4 Å². The maximum absolute atomic E-state index is 12.3. The van der Waals surface area contributed by atoms with E-state index in [0.717, 1.165) is 44.6 Å². The highest BCUT2D eigenvalue weighted by Gasteiger charge is 2.42. The first-order valence-corrected chi connectivity index (χ1v) is 14.3. The van der Waals surface area contributed by atoms with Crippen LogP contribution in [0.2, 0.25) is 10.0 Å². The highest BCUT2D eigenvalue weighted by molar-refractivity contribution is 7.80. The number of hydrogen-bond donors (Lipinski definition) is 2. The van der Waals surface area contributed by atoms with Crippen LogP contribution in [0.15, 0.2) is 66.9 Å². The fourth-order valence-corrected chi connectivity index (χ4v) is 6.01. The Kier molecular flexibility index (Phi) is 7.91. The standard InChI is InChI=1S/C31H31Cl2N5OS/c1-17(2)30(39)35-25-13-12-21(16-24(25)33)38-29(28(36-31(38)40)26-10-6-7-14-34-26)22-15-18(3)37(20(22)5)27-11-8-9-23(32)19(27)4/h6-17,28-29H,1-5H3,(H,35,39)(H,36,40). The Morgan fingerprint density at radius 3 is 2.48 bits per heavy atom. The summed E-state index contributed by atoms with van der Waals surface area (Å²) in [6.07, 6.45) is 1.79. The van der Waals surface area contributed by atoms with E-state index >= 15 is 0 Å². The molecule has 0 saturated carbocycles. The Hall–Kier alpha value is -3.39. The van der Waals surface area contributed by atoms with Crippen LogP contribution in [0.5, 0.6) is 0 Å². The summed E-state index contributed by atoms with van der Waals surface area (Å²) in [6, 6.07) is 19.2. The molecule has 2 aromatic carbocycles. The molecule has 2 aromatic heterocycles. The van der Waals surface area contributed by atoms with Crippen molar-refractivity contribution >= 4 is 57.8 Å². The Bertz CT molecular complexity index is 1600. The number of carbonyl (C=O) groups is 1. The Morgan fingerprint density at radius 2 is 1.80 bits per heavy atom. The largest absolute Gasteiger partial charge is 0.351 e. The van der Waals surface area contributed by atoms with Gasteiger partial charge in [0.2, 0.25) is 5.91 Å². The topological polar surface area (TPSA) is 62.2 Å². The van der Waals surface area contributed by atoms with Crippen molar-refractivity contribution in [3.05, 3.63) is 105 Å². The Morgan fingerprint density at radius 1 is 1.02 bits per heavy atom. The van der Waals surface area contributed by atoms with Crippen molar-refractivity contribution in [2.75, 3.05) is 10.2 Å². The second-order valence-electron chi connectivity index (χ2n) is 10.4. The maximum Gasteiger partial charge on any atom is 0.226 e. The first-order valence-electron chi connectivity index (χ1n) is 13.1. The number of anilines is 2. The number of hydrogen-bond acceptors (Lipinski definition) is 3. The number of thiocarbonyl (C=S) groups is 1. The number of rotatable bonds is 6. The van der Waals surface area contributed by atoms with Crippen LogP contribution in [0.3, 0.4) is 0 Å². The third-order valence-corrected chi connectivity index (χ3v) is 8.42. The number of halogens is 2. The summed E-state index contributed by atoms with van der Waals surface area (Å²) in [7, 11) is 0. The lowest BCUT2D eigenvalue weighted by Crippen LogP contribution is -2.29. The van der Waals surface area contributed by atoms with Gasteiger partial charge in [0, 0.05) is 39.9 Å². The van der Waals surface area contributed by atoms with Crippen molar-refractivity contribution in [2.45, 2.75) is 46.7 Å². The number of benzene rings is 2. The van der Waals surface area contributed by atoms with Gasteiger partial charge in [0.25, 0.3) is 0 Å². The zero-order valence-electron chi connectivity index (χ0n) is 23.0. The molecule has 0 bridgehead atoms. The van der Waals surface area contributed by atoms with E-state index in [4.69, 9.17) is 35.4 Å². The summed E-state index contributed by atoms with van der Waals surface area (Å²) in [5.41, 5.74) is 7.59. The van der Waals surface area contributed by atoms with Crippen molar-refractivity contribution in [1.82, 2.24) is 14.9 Å². The van der Waals surface area contributed by atoms with E-state index in [1.165, 1.54) is 0 Å². The van der Waals surface area contributed by atoms with Crippen LogP contribution in [0, 0.1) is 26.7 Å². The third-order valence-electron chi connectivity index (χ3n) is 7.38. The molecule has 0 spiro atoms. The van der Waals surface area contributed by atoms with Gasteiger partial charge >= 0.3 is 0 Å². The van der Waals surface area contributed by atoms with Crippen molar-refractivity contribution in [2.24, 2.45) is 5.92 Å². The molecule has 1 aliphatic rings. The minimum atomic E-state index is -0.214. The number of carbonyl (C=O) groups excluding carboxylic acids is 1. The highest BCUT2D eigenvalue weighted by atomic mass is 35.5. The first kappa shape index (κ1) is 28.1. The number of aromatic nitrogens is 2. The second-order valence-corrected chi connectivity index (χ2v) is 11.6. The van der Waals surface area contributed by atoms with Crippen LogP contribution >= 0.6 is 35.4 Å². The number of aryl methyl sites for hydroxylation is 1. The van der Waals surface area contributed by atoms with Gasteiger partial charge in [-0.25, -0.2) is 0 Å². The molecule has 2 unspecified atom stereocenters. The van der Waals surface area contributed by atoms with E-state index < -0.39 is 0 Å². The van der Waals surface area contributed by atoms with Gasteiger partial charge in [-0.15, -0.1) is 0 Å². The van der Waals surface area contributed by atoms with Crippen LogP contribution in [-0.2, 0) is 4.79 Å². The molecule has 6 nitrogen and oxygen atoms in total. The van der Waals surface area contributed by atoms with E-state index in [1.54, 1.807) is 6.20 Å². The van der Waals surface area contributed by atoms with Gasteiger partial charge in [-0.05, 0) is 92.6 Å². The van der Waals surface area contributed by atoms with E-state index in [2.05, 4.69) is 51.1 Å². The maximum atomic E-state index is 12.3. The highest BCUT2D eigenvalue weighted by Crippen LogP contribution is 2.45. The normalized spacial score (nSPS) is 16.9. The number of pyridine rings is 1. The summed E-state index contributed by atoms with van der Waals surface area (Å²) in [5, 5.41) is 8.15. The zero-order chi connectivity index (χ0) is 28.7. The lowest BCUT2D eigenvalue weighted by atomic mass is 9.96.